The van der Waals surface area contributed by atoms with Crippen molar-refractivity contribution in [2.75, 3.05) is 0 Å². The highest BCUT2D eigenvalue weighted by Gasteiger charge is 2.72. The van der Waals surface area contributed by atoms with Crippen molar-refractivity contribution in [1.82, 2.24) is 20.8 Å². The standard InChI is InChI=1S/C12H20N4O2S2/c1-9(2)11(5)6-12(18-16(11)8(20)14-9)10(3,4)13-7(19)15(12)17/h17H,6H2,1-5H3,(H,13,19)(H,14,20)/t11-,12-/m0/s1. The fourth-order valence-corrected chi connectivity index (χ4v) is 4.21. The average Bonchev–Trinajstić information content (AvgIpc) is 2.76. The van der Waals surface area contributed by atoms with E-state index < -0.39 is 11.3 Å². The van der Waals surface area contributed by atoms with Crippen molar-refractivity contribution in [2.24, 2.45) is 0 Å². The number of nitrogens with zero attached hydrogens (tertiary/aromatic N) is 2. The second-order valence-electron chi connectivity index (χ2n) is 7.04. The van der Waals surface area contributed by atoms with Crippen LogP contribution >= 0.6 is 24.4 Å². The maximum absolute atomic E-state index is 10.4. The third kappa shape index (κ3) is 1.35. The lowest BCUT2D eigenvalue weighted by Crippen LogP contribution is -2.60. The molecule has 3 saturated heterocycles. The molecule has 2 atom stereocenters. The second-order valence-corrected chi connectivity index (χ2v) is 7.82. The third-order valence-electron chi connectivity index (χ3n) is 5.16. The third-order valence-corrected chi connectivity index (χ3v) is 5.70. The summed E-state index contributed by atoms with van der Waals surface area (Å²) in [6.45, 7) is 10.2. The van der Waals surface area contributed by atoms with E-state index in [4.69, 9.17) is 29.3 Å². The van der Waals surface area contributed by atoms with Gasteiger partial charge in [0.2, 0.25) is 5.72 Å². The van der Waals surface area contributed by atoms with Crippen molar-refractivity contribution in [2.45, 2.75) is 63.4 Å². The molecule has 0 bridgehead atoms. The Balaban J connectivity index is 2.10. The molecule has 112 valence electrons. The Morgan fingerprint density at radius 2 is 1.60 bits per heavy atom. The topological polar surface area (TPSA) is 60.0 Å². The number of fused-ring (bicyclic) bond motifs is 1. The Kier molecular flexibility index (Phi) is 2.53. The minimum atomic E-state index is -0.956. The van der Waals surface area contributed by atoms with Crippen molar-refractivity contribution in [3.8, 4) is 0 Å². The van der Waals surface area contributed by atoms with Gasteiger partial charge >= 0.3 is 0 Å². The lowest BCUT2D eigenvalue weighted by atomic mass is 9.74. The van der Waals surface area contributed by atoms with E-state index in [1.54, 1.807) is 5.06 Å². The summed E-state index contributed by atoms with van der Waals surface area (Å²) in [6.07, 6.45) is 0.566. The van der Waals surface area contributed by atoms with E-state index >= 15 is 0 Å². The van der Waals surface area contributed by atoms with Crippen LogP contribution in [0.4, 0.5) is 0 Å². The van der Waals surface area contributed by atoms with Crippen LogP contribution in [0.2, 0.25) is 0 Å². The zero-order valence-electron chi connectivity index (χ0n) is 12.3. The second kappa shape index (κ2) is 3.55. The maximum atomic E-state index is 10.4. The minimum Gasteiger partial charge on any atom is -0.353 e. The van der Waals surface area contributed by atoms with Gasteiger partial charge < -0.3 is 10.6 Å². The molecule has 0 unspecified atom stereocenters. The van der Waals surface area contributed by atoms with E-state index in [-0.39, 0.29) is 16.2 Å². The van der Waals surface area contributed by atoms with Gasteiger partial charge in [-0.1, -0.05) is 0 Å². The van der Waals surface area contributed by atoms with Gasteiger partial charge in [0.1, 0.15) is 0 Å². The molecule has 3 N–H and O–H groups in total. The largest absolute Gasteiger partial charge is 0.353 e. The summed E-state index contributed by atoms with van der Waals surface area (Å²) in [5, 5.41) is 20.4. The minimum absolute atomic E-state index is 0.269. The normalized spacial score (nSPS) is 41.1. The monoisotopic (exact) mass is 316 g/mol. The first-order chi connectivity index (χ1) is 8.97. The molecule has 20 heavy (non-hydrogen) atoms. The van der Waals surface area contributed by atoms with E-state index in [9.17, 15) is 5.21 Å². The summed E-state index contributed by atoms with van der Waals surface area (Å²) in [5.74, 6) is 0. The summed E-state index contributed by atoms with van der Waals surface area (Å²) in [5.41, 5.74) is -2.13. The fraction of sp³-hybridized carbons (Fsp3) is 0.833. The zero-order chi connectivity index (χ0) is 15.1. The molecular weight excluding hydrogens is 296 g/mol. The van der Waals surface area contributed by atoms with Gasteiger partial charge in [0.15, 0.2) is 10.2 Å². The van der Waals surface area contributed by atoms with Crippen LogP contribution in [0.3, 0.4) is 0 Å². The molecular formula is C12H20N4O2S2. The molecule has 0 aliphatic carbocycles. The van der Waals surface area contributed by atoms with Gasteiger partial charge in [-0.15, -0.1) is 0 Å². The van der Waals surface area contributed by atoms with Crippen LogP contribution in [0.25, 0.3) is 0 Å². The van der Waals surface area contributed by atoms with Crippen molar-refractivity contribution in [1.29, 1.82) is 0 Å². The molecule has 0 radical (unpaired) electrons. The molecule has 3 aliphatic heterocycles. The molecule has 0 aromatic carbocycles. The maximum Gasteiger partial charge on any atom is 0.218 e. The quantitative estimate of drug-likeness (QED) is 0.575. The first-order valence-corrected chi connectivity index (χ1v) is 7.41. The lowest BCUT2D eigenvalue weighted by molar-refractivity contribution is -0.287. The van der Waals surface area contributed by atoms with Crippen molar-refractivity contribution < 1.29 is 10.0 Å². The summed E-state index contributed by atoms with van der Waals surface area (Å²) >= 11 is 10.5. The van der Waals surface area contributed by atoms with Gasteiger partial charge in [0.25, 0.3) is 0 Å². The first kappa shape index (κ1) is 14.2. The number of hydrogen-bond acceptors (Lipinski definition) is 4. The molecule has 6 nitrogen and oxygen atoms in total. The van der Waals surface area contributed by atoms with Crippen LogP contribution < -0.4 is 10.6 Å². The van der Waals surface area contributed by atoms with Crippen molar-refractivity contribution >= 4 is 34.7 Å². The van der Waals surface area contributed by atoms with Crippen LogP contribution in [0, 0.1) is 0 Å². The predicted octanol–water partition coefficient (Wildman–Crippen LogP) is 1.10. The molecule has 0 saturated carbocycles. The van der Waals surface area contributed by atoms with Crippen LogP contribution in [-0.2, 0) is 4.84 Å². The van der Waals surface area contributed by atoms with Gasteiger partial charge in [-0.25, -0.2) is 9.90 Å². The Labute approximate surface area is 129 Å². The molecule has 3 aliphatic rings. The van der Waals surface area contributed by atoms with E-state index in [0.717, 1.165) is 5.06 Å². The summed E-state index contributed by atoms with van der Waals surface area (Å²) < 4.78 is 0. The van der Waals surface area contributed by atoms with Crippen LogP contribution in [0.5, 0.6) is 0 Å². The highest BCUT2D eigenvalue weighted by molar-refractivity contribution is 7.80. The van der Waals surface area contributed by atoms with Crippen LogP contribution in [0.1, 0.15) is 41.0 Å². The first-order valence-electron chi connectivity index (χ1n) is 6.60. The number of thiocarbonyl (C=S) groups is 2. The van der Waals surface area contributed by atoms with E-state index in [1.807, 2.05) is 13.8 Å². The van der Waals surface area contributed by atoms with E-state index in [2.05, 4.69) is 31.4 Å². The highest BCUT2D eigenvalue weighted by Crippen LogP contribution is 2.54. The van der Waals surface area contributed by atoms with Crippen LogP contribution in [-0.4, -0.2) is 47.9 Å². The van der Waals surface area contributed by atoms with Crippen molar-refractivity contribution in [3.05, 3.63) is 0 Å². The number of rotatable bonds is 0. The Bertz CT molecular complexity index is 524. The summed E-state index contributed by atoms with van der Waals surface area (Å²) in [7, 11) is 0. The lowest BCUT2D eigenvalue weighted by Gasteiger charge is -2.39. The van der Waals surface area contributed by atoms with Crippen LogP contribution in [0.15, 0.2) is 0 Å². The number of nitrogens with one attached hydrogen (secondary N) is 2. The van der Waals surface area contributed by atoms with Gasteiger partial charge in [-0.05, 0) is 59.1 Å². The number of hydrogen-bond donors (Lipinski definition) is 3. The SMILES string of the molecule is CC1(C)NC(=S)N2O[C@]3(C[C@]21C)N(O)C(=S)NC3(C)C. The Morgan fingerprint density at radius 1 is 1.05 bits per heavy atom. The molecule has 3 heterocycles. The fourth-order valence-electron chi connectivity index (χ4n) is 3.31. The smallest absolute Gasteiger partial charge is 0.218 e. The van der Waals surface area contributed by atoms with Gasteiger partial charge in [0.05, 0.1) is 16.6 Å². The van der Waals surface area contributed by atoms with E-state index in [0.29, 0.717) is 11.5 Å². The summed E-state index contributed by atoms with van der Waals surface area (Å²) in [6, 6.07) is 0. The molecule has 1 spiro atoms. The molecule has 0 amide bonds. The molecule has 0 aromatic rings. The summed E-state index contributed by atoms with van der Waals surface area (Å²) in [4.78, 5) is 6.14. The Morgan fingerprint density at radius 3 is 2.05 bits per heavy atom. The number of hydroxylamine groups is 4. The molecule has 3 rings (SSSR count). The average molecular weight is 316 g/mol. The van der Waals surface area contributed by atoms with E-state index in [1.165, 1.54) is 0 Å². The van der Waals surface area contributed by atoms with Crippen molar-refractivity contribution in [3.63, 3.8) is 0 Å². The zero-order valence-corrected chi connectivity index (χ0v) is 13.9. The van der Waals surface area contributed by atoms with Gasteiger partial charge in [-0.3, -0.25) is 5.21 Å². The predicted molar refractivity (Wildman–Crippen MR) is 81.9 cm³/mol. The van der Waals surface area contributed by atoms with Gasteiger partial charge in [-0.2, -0.15) is 5.06 Å². The molecule has 0 aromatic heterocycles. The molecule has 8 heteroatoms. The van der Waals surface area contributed by atoms with Gasteiger partial charge in [0, 0.05) is 6.42 Å². The molecule has 3 fully saturated rings. The Hall–Kier alpha value is -0.700. The highest BCUT2D eigenvalue weighted by atomic mass is 32.1.